The number of imidazole rings is 1. The van der Waals surface area contributed by atoms with E-state index in [9.17, 15) is 4.79 Å². The molecule has 0 aliphatic heterocycles. The lowest BCUT2D eigenvalue weighted by molar-refractivity contribution is 0.0691. The summed E-state index contributed by atoms with van der Waals surface area (Å²) in [5, 5.41) is 21.4. The average Bonchev–Trinajstić information content (AvgIpc) is 2.89. The highest BCUT2D eigenvalue weighted by Gasteiger charge is 2.06. The van der Waals surface area contributed by atoms with Crippen LogP contribution in [0.5, 0.6) is 0 Å². The van der Waals surface area contributed by atoms with Gasteiger partial charge in [-0.3, -0.25) is 0 Å². The van der Waals surface area contributed by atoms with Crippen molar-refractivity contribution >= 4 is 23.3 Å². The molecule has 1 aromatic heterocycles. The first-order chi connectivity index (χ1) is 9.60. The van der Waals surface area contributed by atoms with Gasteiger partial charge in [-0.1, -0.05) is 11.6 Å². The van der Waals surface area contributed by atoms with Gasteiger partial charge in [0.15, 0.2) is 5.69 Å². The summed E-state index contributed by atoms with van der Waals surface area (Å²) in [7, 11) is 0. The fourth-order valence-corrected chi connectivity index (χ4v) is 1.85. The van der Waals surface area contributed by atoms with Crippen LogP contribution in [0.15, 0.2) is 30.7 Å². The maximum Gasteiger partial charge on any atom is 0.356 e. The second kappa shape index (κ2) is 6.08. The Morgan fingerprint density at radius 3 is 3.00 bits per heavy atom. The van der Waals surface area contributed by atoms with Crippen LogP contribution in [0.4, 0.5) is 5.69 Å². The zero-order valence-corrected chi connectivity index (χ0v) is 11.1. The molecule has 0 atom stereocenters. The molecule has 20 heavy (non-hydrogen) atoms. The summed E-state index contributed by atoms with van der Waals surface area (Å²) < 4.78 is 1.67. The number of hydrogen-bond donors (Lipinski definition) is 2. The van der Waals surface area contributed by atoms with Crippen LogP contribution < -0.4 is 5.32 Å². The zero-order valence-electron chi connectivity index (χ0n) is 10.4. The molecule has 0 spiro atoms. The van der Waals surface area contributed by atoms with E-state index in [0.29, 0.717) is 29.4 Å². The Balaban J connectivity index is 1.96. The van der Waals surface area contributed by atoms with Crippen LogP contribution >= 0.6 is 11.6 Å². The van der Waals surface area contributed by atoms with Crippen LogP contribution in [0, 0.1) is 11.3 Å². The van der Waals surface area contributed by atoms with Gasteiger partial charge in [0.1, 0.15) is 6.07 Å². The van der Waals surface area contributed by atoms with Gasteiger partial charge >= 0.3 is 5.97 Å². The molecule has 0 unspecified atom stereocenters. The molecule has 0 aliphatic carbocycles. The van der Waals surface area contributed by atoms with Crippen molar-refractivity contribution in [2.75, 3.05) is 11.9 Å². The smallest absolute Gasteiger partial charge is 0.356 e. The lowest BCUT2D eigenvalue weighted by Gasteiger charge is -2.08. The monoisotopic (exact) mass is 290 g/mol. The first-order valence-electron chi connectivity index (χ1n) is 5.79. The summed E-state index contributed by atoms with van der Waals surface area (Å²) >= 11 is 5.81. The molecule has 7 heteroatoms. The number of rotatable bonds is 5. The van der Waals surface area contributed by atoms with Gasteiger partial charge in [-0.25, -0.2) is 9.78 Å². The maximum atomic E-state index is 10.7. The second-order valence-electron chi connectivity index (χ2n) is 4.03. The summed E-state index contributed by atoms with van der Waals surface area (Å²) in [6.07, 6.45) is 2.91. The third-order valence-corrected chi connectivity index (χ3v) is 2.87. The van der Waals surface area contributed by atoms with Gasteiger partial charge in [0, 0.05) is 24.3 Å². The van der Waals surface area contributed by atoms with E-state index in [1.54, 1.807) is 22.8 Å². The summed E-state index contributed by atoms with van der Waals surface area (Å²) in [5.74, 6) is -1.05. The minimum absolute atomic E-state index is 0.00852. The largest absolute Gasteiger partial charge is 0.476 e. The molecule has 2 rings (SSSR count). The Kier molecular flexibility index (Phi) is 4.23. The molecule has 2 aromatic rings. The van der Waals surface area contributed by atoms with Crippen molar-refractivity contribution in [3.05, 3.63) is 47.0 Å². The van der Waals surface area contributed by atoms with Crippen LogP contribution in [0.1, 0.15) is 16.1 Å². The number of aromatic carboxylic acids is 1. The number of nitriles is 1. The predicted octanol–water partition coefficient (Wildman–Crippen LogP) is 2.22. The van der Waals surface area contributed by atoms with Gasteiger partial charge in [0.25, 0.3) is 0 Å². The molecule has 0 aliphatic rings. The Morgan fingerprint density at radius 2 is 2.35 bits per heavy atom. The average molecular weight is 291 g/mol. The van der Waals surface area contributed by atoms with Gasteiger partial charge in [-0.2, -0.15) is 5.26 Å². The van der Waals surface area contributed by atoms with Crippen LogP contribution in [0.25, 0.3) is 0 Å². The van der Waals surface area contributed by atoms with Crippen LogP contribution in [-0.4, -0.2) is 27.2 Å². The highest BCUT2D eigenvalue weighted by atomic mass is 35.5. The Hall–Kier alpha value is -2.52. The molecule has 0 fully saturated rings. The molecule has 0 saturated heterocycles. The number of anilines is 1. The van der Waals surface area contributed by atoms with E-state index in [4.69, 9.17) is 22.0 Å². The van der Waals surface area contributed by atoms with Gasteiger partial charge in [0.2, 0.25) is 0 Å². The Bertz CT molecular complexity index is 675. The van der Waals surface area contributed by atoms with Crippen molar-refractivity contribution in [2.24, 2.45) is 0 Å². The lowest BCUT2D eigenvalue weighted by Crippen LogP contribution is -2.10. The van der Waals surface area contributed by atoms with E-state index in [0.717, 1.165) is 0 Å². The highest BCUT2D eigenvalue weighted by molar-refractivity contribution is 6.30. The number of halogens is 1. The van der Waals surface area contributed by atoms with E-state index in [1.165, 1.54) is 12.5 Å². The third kappa shape index (κ3) is 3.28. The molecule has 0 bridgehead atoms. The van der Waals surface area contributed by atoms with Gasteiger partial charge in [-0.05, 0) is 18.2 Å². The summed E-state index contributed by atoms with van der Waals surface area (Å²) in [6, 6.07) is 7.08. The number of nitrogens with zero attached hydrogens (tertiary/aromatic N) is 3. The van der Waals surface area contributed by atoms with Crippen LogP contribution in [0.2, 0.25) is 5.02 Å². The fraction of sp³-hybridized carbons (Fsp3) is 0.154. The Morgan fingerprint density at radius 1 is 1.55 bits per heavy atom. The number of carbonyl (C=O) groups is 1. The number of benzene rings is 1. The highest BCUT2D eigenvalue weighted by Crippen LogP contribution is 2.19. The lowest BCUT2D eigenvalue weighted by atomic mass is 10.2. The van der Waals surface area contributed by atoms with E-state index < -0.39 is 5.97 Å². The normalized spacial score (nSPS) is 10.0. The Labute approximate surface area is 120 Å². The molecule has 1 aromatic carbocycles. The molecule has 0 amide bonds. The maximum absolute atomic E-state index is 10.7. The molecule has 6 nitrogen and oxygen atoms in total. The summed E-state index contributed by atoms with van der Waals surface area (Å²) in [6.45, 7) is 1.07. The van der Waals surface area contributed by atoms with Crippen LogP contribution in [-0.2, 0) is 6.54 Å². The zero-order chi connectivity index (χ0) is 14.5. The van der Waals surface area contributed by atoms with Crippen molar-refractivity contribution in [3.8, 4) is 6.07 Å². The van der Waals surface area contributed by atoms with E-state index >= 15 is 0 Å². The molecular weight excluding hydrogens is 280 g/mol. The fourth-order valence-electron chi connectivity index (χ4n) is 1.68. The quantitative estimate of drug-likeness (QED) is 0.881. The molecule has 1 heterocycles. The number of nitrogens with one attached hydrogen (secondary N) is 1. The summed E-state index contributed by atoms with van der Waals surface area (Å²) in [4.78, 5) is 14.4. The van der Waals surface area contributed by atoms with Gasteiger partial charge in [-0.15, -0.1) is 0 Å². The second-order valence-corrected chi connectivity index (χ2v) is 4.47. The molecule has 2 N–H and O–H groups in total. The van der Waals surface area contributed by atoms with Crippen molar-refractivity contribution in [1.29, 1.82) is 5.26 Å². The number of carboxylic acids is 1. The first kappa shape index (κ1) is 13.9. The first-order valence-corrected chi connectivity index (χ1v) is 6.16. The molecular formula is C13H11ClN4O2. The standard InChI is InChI=1S/C13H11ClN4O2/c14-10-1-2-11(9(5-10)6-15)16-3-4-18-7-12(13(19)20)17-8-18/h1-2,5,7-8,16H,3-4H2,(H,19,20). The van der Waals surface area contributed by atoms with Crippen molar-refractivity contribution in [2.45, 2.75) is 6.54 Å². The number of hydrogen-bond acceptors (Lipinski definition) is 4. The molecule has 102 valence electrons. The van der Waals surface area contributed by atoms with Gasteiger partial charge < -0.3 is 15.0 Å². The van der Waals surface area contributed by atoms with Gasteiger partial charge in [0.05, 0.1) is 17.6 Å². The minimum atomic E-state index is -1.05. The molecule has 0 radical (unpaired) electrons. The molecule has 0 saturated carbocycles. The van der Waals surface area contributed by atoms with E-state index in [-0.39, 0.29) is 5.69 Å². The van der Waals surface area contributed by atoms with E-state index in [1.807, 2.05) is 0 Å². The van der Waals surface area contributed by atoms with Crippen molar-refractivity contribution < 1.29 is 9.90 Å². The topological polar surface area (TPSA) is 90.9 Å². The number of carboxylic acid groups (broad SMARTS) is 1. The SMILES string of the molecule is N#Cc1cc(Cl)ccc1NCCn1cnc(C(=O)O)c1. The third-order valence-electron chi connectivity index (χ3n) is 2.64. The van der Waals surface area contributed by atoms with Crippen molar-refractivity contribution in [3.63, 3.8) is 0 Å². The van der Waals surface area contributed by atoms with Crippen LogP contribution in [0.3, 0.4) is 0 Å². The predicted molar refractivity (Wildman–Crippen MR) is 73.8 cm³/mol. The van der Waals surface area contributed by atoms with Crippen molar-refractivity contribution in [1.82, 2.24) is 9.55 Å². The van der Waals surface area contributed by atoms with E-state index in [2.05, 4.69) is 16.4 Å². The summed E-state index contributed by atoms with van der Waals surface area (Å²) in [5.41, 5.74) is 1.17. The minimum Gasteiger partial charge on any atom is -0.476 e. The number of aromatic nitrogens is 2.